The van der Waals surface area contributed by atoms with Crippen LogP contribution in [0, 0.1) is 11.3 Å². The first-order valence-corrected chi connectivity index (χ1v) is 10.7. The van der Waals surface area contributed by atoms with Crippen molar-refractivity contribution < 1.29 is 31.1 Å². The number of nitrogens with two attached hydrogens (primary N) is 1. The first kappa shape index (κ1) is 23.1. The summed E-state index contributed by atoms with van der Waals surface area (Å²) in [5.41, 5.74) is 3.87. The molecule has 2 aromatic rings. The zero-order chi connectivity index (χ0) is 25.2. The zero-order valence-electron chi connectivity index (χ0n) is 18.0. The molecule has 1 heterocycles. The van der Waals surface area contributed by atoms with Crippen molar-refractivity contribution in [2.45, 2.75) is 31.6 Å². The third-order valence-electron chi connectivity index (χ3n) is 6.58. The van der Waals surface area contributed by atoms with Crippen LogP contribution in [0.4, 0.5) is 38.0 Å². The monoisotopic (exact) mass is 492 g/mol. The van der Waals surface area contributed by atoms with Crippen molar-refractivity contribution in [3.63, 3.8) is 0 Å². The summed E-state index contributed by atoms with van der Waals surface area (Å²) < 4.78 is 81.6. The lowest BCUT2D eigenvalue weighted by Crippen LogP contribution is -2.27. The molecule has 2 unspecified atom stereocenters. The first-order chi connectivity index (χ1) is 16.4. The van der Waals surface area contributed by atoms with Gasteiger partial charge in [-0.25, -0.2) is 9.97 Å². The number of rotatable bonds is 3. The van der Waals surface area contributed by atoms with Gasteiger partial charge in [-0.05, 0) is 60.6 Å². The number of carbonyl (C=O) groups is 1. The molecule has 11 heteroatoms. The third-order valence-corrected chi connectivity index (χ3v) is 6.58. The molecule has 0 bridgehead atoms. The topological polar surface area (TPSA) is 80.9 Å². The molecule has 5 rings (SSSR count). The van der Waals surface area contributed by atoms with E-state index in [2.05, 4.69) is 15.3 Å². The number of halogens is 6. The number of allylic oxidation sites excluding steroid dienone is 3. The van der Waals surface area contributed by atoms with Gasteiger partial charge in [-0.15, -0.1) is 0 Å². The van der Waals surface area contributed by atoms with Gasteiger partial charge in [0, 0.05) is 23.0 Å². The number of aryl methyl sites for hydroxylation is 1. The van der Waals surface area contributed by atoms with Crippen LogP contribution in [-0.2, 0) is 17.4 Å². The molecule has 1 aromatic heterocycles. The van der Waals surface area contributed by atoms with Crippen molar-refractivity contribution in [3.05, 3.63) is 70.6 Å². The van der Waals surface area contributed by atoms with Crippen molar-refractivity contribution in [1.29, 1.82) is 0 Å². The van der Waals surface area contributed by atoms with Crippen molar-refractivity contribution >= 4 is 29.2 Å². The van der Waals surface area contributed by atoms with Crippen LogP contribution >= 0.6 is 0 Å². The number of nitrogen functional groups attached to an aromatic ring is 1. The van der Waals surface area contributed by atoms with Crippen LogP contribution in [0.5, 0.6) is 0 Å². The summed E-state index contributed by atoms with van der Waals surface area (Å²) >= 11 is 0. The normalized spacial score (nSPS) is 23.1. The zero-order valence-corrected chi connectivity index (χ0v) is 18.0. The smallest absolute Gasteiger partial charge is 0.368 e. The fourth-order valence-electron chi connectivity index (χ4n) is 4.63. The summed E-state index contributed by atoms with van der Waals surface area (Å²) in [6, 6.07) is 3.11. The van der Waals surface area contributed by atoms with E-state index in [1.54, 1.807) is 6.08 Å². The molecule has 0 radical (unpaired) electrons. The molecule has 3 aliphatic carbocycles. The highest BCUT2D eigenvalue weighted by molar-refractivity contribution is 6.06. The van der Waals surface area contributed by atoms with Gasteiger partial charge in [0.1, 0.15) is 0 Å². The van der Waals surface area contributed by atoms with E-state index in [9.17, 15) is 31.1 Å². The van der Waals surface area contributed by atoms with E-state index in [0.29, 0.717) is 23.3 Å². The fraction of sp³-hybridized carbons (Fsp3) is 0.292. The number of nitrogens with zero attached hydrogens (tertiary/aromatic N) is 2. The number of hydrogen-bond acceptors (Lipinski definition) is 4. The van der Waals surface area contributed by atoms with Gasteiger partial charge in [-0.1, -0.05) is 18.2 Å². The molecule has 2 atom stereocenters. The molecule has 5 nitrogen and oxygen atoms in total. The van der Waals surface area contributed by atoms with Crippen molar-refractivity contribution in [3.8, 4) is 0 Å². The molecule has 1 amide bonds. The predicted molar refractivity (Wildman–Crippen MR) is 117 cm³/mol. The number of hydrogen-bond donors (Lipinski definition) is 2. The molecule has 1 fully saturated rings. The molecule has 3 aliphatic rings. The number of aromatic nitrogens is 2. The Bertz CT molecular complexity index is 1320. The van der Waals surface area contributed by atoms with Crippen molar-refractivity contribution in [2.24, 2.45) is 11.3 Å². The minimum absolute atomic E-state index is 0.0338. The first-order valence-electron chi connectivity index (χ1n) is 10.7. The van der Waals surface area contributed by atoms with Gasteiger partial charge in [-0.2, -0.15) is 26.3 Å². The van der Waals surface area contributed by atoms with Crippen LogP contribution in [0.2, 0.25) is 0 Å². The van der Waals surface area contributed by atoms with E-state index in [1.165, 1.54) is 24.4 Å². The van der Waals surface area contributed by atoms with Gasteiger partial charge < -0.3 is 11.1 Å². The number of amides is 1. The Hall–Kier alpha value is -3.63. The second kappa shape index (κ2) is 7.69. The maximum atomic E-state index is 13.8. The van der Waals surface area contributed by atoms with E-state index < -0.39 is 35.2 Å². The highest BCUT2D eigenvalue weighted by Gasteiger charge is 2.69. The van der Waals surface area contributed by atoms with Crippen molar-refractivity contribution in [1.82, 2.24) is 9.97 Å². The van der Waals surface area contributed by atoms with E-state index in [-0.39, 0.29) is 35.6 Å². The van der Waals surface area contributed by atoms with Crippen LogP contribution in [0.25, 0.3) is 11.6 Å². The van der Waals surface area contributed by atoms with E-state index >= 15 is 0 Å². The van der Waals surface area contributed by atoms with Crippen LogP contribution in [0.3, 0.4) is 0 Å². The van der Waals surface area contributed by atoms with Crippen LogP contribution < -0.4 is 11.1 Å². The molecule has 0 saturated heterocycles. The average Bonchev–Trinajstić information content (AvgIpc) is 3.53. The molecule has 1 aromatic carbocycles. The Morgan fingerprint density at radius 1 is 1.14 bits per heavy atom. The van der Waals surface area contributed by atoms with E-state index in [4.69, 9.17) is 5.73 Å². The van der Waals surface area contributed by atoms with Gasteiger partial charge in [0.2, 0.25) is 5.95 Å². The summed E-state index contributed by atoms with van der Waals surface area (Å²) in [6.45, 7) is 0. The maximum absolute atomic E-state index is 13.8. The second-order valence-electron chi connectivity index (χ2n) is 8.82. The number of fused-ring (bicyclic) bond motifs is 2. The lowest BCUT2D eigenvalue weighted by Gasteiger charge is -2.21. The van der Waals surface area contributed by atoms with Crippen LogP contribution in [0.15, 0.2) is 48.2 Å². The van der Waals surface area contributed by atoms with Gasteiger partial charge in [0.15, 0.2) is 0 Å². The summed E-state index contributed by atoms with van der Waals surface area (Å²) in [7, 11) is 0. The number of alkyl halides is 6. The molecule has 3 N–H and O–H groups in total. The molecule has 0 aliphatic heterocycles. The van der Waals surface area contributed by atoms with Gasteiger partial charge in [0.25, 0.3) is 5.91 Å². The van der Waals surface area contributed by atoms with Crippen molar-refractivity contribution in [2.75, 3.05) is 11.1 Å². The maximum Gasteiger partial charge on any atom is 0.416 e. The molecule has 0 spiro atoms. The third kappa shape index (κ3) is 4.08. The quantitative estimate of drug-likeness (QED) is 0.550. The number of benzene rings is 1. The van der Waals surface area contributed by atoms with Gasteiger partial charge in [-0.3, -0.25) is 4.79 Å². The minimum atomic E-state index is -4.66. The highest BCUT2D eigenvalue weighted by Crippen LogP contribution is 2.65. The number of carbonyl (C=O) groups excluding carboxylic acids is 1. The molecule has 1 saturated carbocycles. The summed E-state index contributed by atoms with van der Waals surface area (Å²) in [4.78, 5) is 20.7. The lowest BCUT2D eigenvalue weighted by atomic mass is 9.89. The SMILES string of the molecule is Nc1ncc2c(n1)CCC(c1cc(NC(=O)C3=CC4(C(F)(F)F)CC4C=C3)ccc1C(F)(F)F)=C2. The van der Waals surface area contributed by atoms with Crippen LogP contribution in [-0.4, -0.2) is 22.1 Å². The van der Waals surface area contributed by atoms with E-state index in [1.807, 2.05) is 0 Å². The summed E-state index contributed by atoms with van der Waals surface area (Å²) in [5, 5.41) is 2.44. The van der Waals surface area contributed by atoms with Crippen LogP contribution in [0.1, 0.15) is 35.2 Å². The summed E-state index contributed by atoms with van der Waals surface area (Å²) in [5.74, 6) is -1.46. The summed E-state index contributed by atoms with van der Waals surface area (Å²) in [6.07, 6.45) is -2.15. The highest BCUT2D eigenvalue weighted by atomic mass is 19.4. The van der Waals surface area contributed by atoms with Gasteiger partial charge >= 0.3 is 12.4 Å². The minimum Gasteiger partial charge on any atom is -0.368 e. The fourth-order valence-corrected chi connectivity index (χ4v) is 4.63. The Balaban J connectivity index is 1.47. The number of anilines is 2. The van der Waals surface area contributed by atoms with E-state index in [0.717, 1.165) is 18.2 Å². The Morgan fingerprint density at radius 2 is 1.91 bits per heavy atom. The Labute approximate surface area is 195 Å². The molecule has 182 valence electrons. The average molecular weight is 492 g/mol. The molecular weight excluding hydrogens is 474 g/mol. The molecular formula is C24H18F6N4O. The number of nitrogens with one attached hydrogen (secondary N) is 1. The Morgan fingerprint density at radius 3 is 2.63 bits per heavy atom. The Kier molecular flexibility index (Phi) is 5.08. The van der Waals surface area contributed by atoms with Gasteiger partial charge in [0.05, 0.1) is 16.7 Å². The molecule has 35 heavy (non-hydrogen) atoms. The predicted octanol–water partition coefficient (Wildman–Crippen LogP) is 5.57. The standard InChI is InChI=1S/C24H18F6N4O/c25-23(26,27)18-5-4-16(8-17(18)12-2-6-19-14(7-12)11-32-21(31)34-19)33-20(35)13-1-3-15-10-22(15,9-13)24(28,29)30/h1,3-5,7-9,11,15H,2,6,10H2,(H,33,35)(H2,31,32,34). The lowest BCUT2D eigenvalue weighted by molar-refractivity contribution is -0.175. The second-order valence-corrected chi connectivity index (χ2v) is 8.82. The largest absolute Gasteiger partial charge is 0.416 e.